The zero-order chi connectivity index (χ0) is 25.3. The third-order valence-electron chi connectivity index (χ3n) is 5.36. The number of ether oxygens (including phenoxy) is 2. The summed E-state index contributed by atoms with van der Waals surface area (Å²) in [4.78, 5) is 38.0. The number of nitrogens with zero attached hydrogens (tertiary/aromatic N) is 2. The van der Waals surface area contributed by atoms with Gasteiger partial charge in [0.15, 0.2) is 6.61 Å². The van der Waals surface area contributed by atoms with Crippen LogP contribution in [0.4, 0.5) is 10.1 Å². The molecule has 0 aliphatic heterocycles. The molecular weight excluding hydrogens is 445 g/mol. The minimum Gasteiger partial charge on any atom is -0.490 e. The smallest absolute Gasteiger partial charge is 0.311 e. The van der Waals surface area contributed by atoms with Crippen molar-refractivity contribution in [3.63, 3.8) is 0 Å². The van der Waals surface area contributed by atoms with Crippen molar-refractivity contribution >= 4 is 17.5 Å². The molecule has 0 radical (unpaired) electrons. The maximum Gasteiger partial charge on any atom is 0.311 e. The molecule has 9 nitrogen and oxygen atoms in total. The Morgan fingerprint density at radius 1 is 1.15 bits per heavy atom. The summed E-state index contributed by atoms with van der Waals surface area (Å²) >= 11 is 0. The van der Waals surface area contributed by atoms with Gasteiger partial charge in [0.25, 0.3) is 5.91 Å². The fraction of sp³-hybridized carbons (Fsp3) is 0.417. The SMILES string of the molecule is CCC(C)NC(=O)C(CC)N(Cc1ccc(F)cc1)C(=O)COc1ccc([N+](=O)[O-])c(OC)c1. The maximum atomic E-state index is 13.3. The number of rotatable bonds is 12. The highest BCUT2D eigenvalue weighted by Gasteiger charge is 2.29. The lowest BCUT2D eigenvalue weighted by Crippen LogP contribution is -2.51. The number of benzene rings is 2. The van der Waals surface area contributed by atoms with Gasteiger partial charge in [-0.15, -0.1) is 0 Å². The number of nitro benzene ring substituents is 1. The van der Waals surface area contributed by atoms with Gasteiger partial charge in [0.1, 0.15) is 17.6 Å². The number of methoxy groups -OCH3 is 1. The van der Waals surface area contributed by atoms with E-state index in [0.29, 0.717) is 12.0 Å². The van der Waals surface area contributed by atoms with Crippen LogP contribution >= 0.6 is 0 Å². The summed E-state index contributed by atoms with van der Waals surface area (Å²) < 4.78 is 23.9. The van der Waals surface area contributed by atoms with Crippen LogP contribution in [0.3, 0.4) is 0 Å². The number of nitro groups is 1. The topological polar surface area (TPSA) is 111 Å². The van der Waals surface area contributed by atoms with Crippen molar-refractivity contribution in [2.75, 3.05) is 13.7 Å². The molecule has 34 heavy (non-hydrogen) atoms. The summed E-state index contributed by atoms with van der Waals surface area (Å²) in [6.07, 6.45) is 1.10. The molecule has 2 unspecified atom stereocenters. The molecule has 184 valence electrons. The van der Waals surface area contributed by atoms with Gasteiger partial charge in [0.2, 0.25) is 11.7 Å². The van der Waals surface area contributed by atoms with Gasteiger partial charge in [-0.25, -0.2) is 4.39 Å². The maximum absolute atomic E-state index is 13.3. The Bertz CT molecular complexity index is 999. The van der Waals surface area contributed by atoms with Gasteiger partial charge in [-0.2, -0.15) is 0 Å². The molecule has 2 atom stereocenters. The lowest BCUT2D eigenvalue weighted by atomic mass is 10.1. The van der Waals surface area contributed by atoms with Crippen LogP contribution in [0.15, 0.2) is 42.5 Å². The van der Waals surface area contributed by atoms with Crippen molar-refractivity contribution < 1.29 is 28.4 Å². The third-order valence-corrected chi connectivity index (χ3v) is 5.36. The highest BCUT2D eigenvalue weighted by molar-refractivity contribution is 5.88. The molecule has 0 fully saturated rings. The Balaban J connectivity index is 2.24. The fourth-order valence-electron chi connectivity index (χ4n) is 3.27. The van der Waals surface area contributed by atoms with Crippen LogP contribution in [-0.2, 0) is 16.1 Å². The molecular formula is C24H30FN3O6. The standard InChI is InChI=1S/C24H30FN3O6/c1-5-16(3)26-24(30)20(6-2)27(14-17-7-9-18(25)10-8-17)23(29)15-34-19-11-12-21(28(31)32)22(13-19)33-4/h7-13,16,20H,5-6,14-15H2,1-4H3,(H,26,30). The van der Waals surface area contributed by atoms with E-state index in [1.54, 1.807) is 19.1 Å². The molecule has 0 heterocycles. The average Bonchev–Trinajstić information content (AvgIpc) is 2.83. The Kier molecular flexibility index (Phi) is 9.78. The molecule has 0 aliphatic rings. The zero-order valence-electron chi connectivity index (χ0n) is 19.7. The first-order valence-corrected chi connectivity index (χ1v) is 11.0. The highest BCUT2D eigenvalue weighted by atomic mass is 19.1. The summed E-state index contributed by atoms with van der Waals surface area (Å²) in [5, 5.41) is 14.0. The molecule has 0 spiro atoms. The van der Waals surface area contributed by atoms with E-state index in [1.807, 2.05) is 13.8 Å². The van der Waals surface area contributed by atoms with Crippen LogP contribution < -0.4 is 14.8 Å². The van der Waals surface area contributed by atoms with Crippen LogP contribution in [0.5, 0.6) is 11.5 Å². The Morgan fingerprint density at radius 2 is 1.82 bits per heavy atom. The first-order valence-electron chi connectivity index (χ1n) is 11.0. The number of carbonyl (C=O) groups is 2. The number of hydrogen-bond donors (Lipinski definition) is 1. The molecule has 0 bridgehead atoms. The number of carbonyl (C=O) groups excluding carboxylic acids is 2. The number of hydrogen-bond acceptors (Lipinski definition) is 6. The van der Waals surface area contributed by atoms with Gasteiger partial charge < -0.3 is 19.7 Å². The van der Waals surface area contributed by atoms with Crippen molar-refractivity contribution in [2.45, 2.75) is 52.2 Å². The zero-order valence-corrected chi connectivity index (χ0v) is 19.7. The van der Waals surface area contributed by atoms with Crippen molar-refractivity contribution in [2.24, 2.45) is 0 Å². The van der Waals surface area contributed by atoms with Crippen LogP contribution in [0.25, 0.3) is 0 Å². The summed E-state index contributed by atoms with van der Waals surface area (Å²) in [5.41, 5.74) is 0.424. The first kappa shape index (κ1) is 26.6. The number of nitrogens with one attached hydrogen (secondary N) is 1. The van der Waals surface area contributed by atoms with E-state index in [1.165, 1.54) is 42.3 Å². The lowest BCUT2D eigenvalue weighted by Gasteiger charge is -2.31. The van der Waals surface area contributed by atoms with Crippen molar-refractivity contribution in [1.29, 1.82) is 0 Å². The van der Waals surface area contributed by atoms with E-state index < -0.39 is 29.3 Å². The van der Waals surface area contributed by atoms with E-state index in [0.717, 1.165) is 6.42 Å². The quantitative estimate of drug-likeness (QED) is 0.369. The Hall–Kier alpha value is -3.69. The van der Waals surface area contributed by atoms with Crippen LogP contribution in [0.1, 0.15) is 39.2 Å². The molecule has 2 amide bonds. The average molecular weight is 476 g/mol. The summed E-state index contributed by atoms with van der Waals surface area (Å²) in [6, 6.07) is 8.77. The minimum atomic E-state index is -0.762. The van der Waals surface area contributed by atoms with Crippen LogP contribution in [0.2, 0.25) is 0 Å². The largest absolute Gasteiger partial charge is 0.490 e. The Labute approximate surface area is 198 Å². The second kappa shape index (κ2) is 12.5. The van der Waals surface area contributed by atoms with Crippen molar-refractivity contribution in [1.82, 2.24) is 10.2 Å². The predicted octanol–water partition coefficient (Wildman–Crippen LogP) is 3.84. The molecule has 2 aromatic rings. The second-order valence-corrected chi connectivity index (χ2v) is 7.77. The van der Waals surface area contributed by atoms with E-state index in [-0.39, 0.29) is 35.7 Å². The lowest BCUT2D eigenvalue weighted by molar-refractivity contribution is -0.385. The van der Waals surface area contributed by atoms with Crippen molar-refractivity contribution in [3.05, 3.63) is 64.0 Å². The normalized spacial score (nSPS) is 12.4. The van der Waals surface area contributed by atoms with Gasteiger partial charge in [0, 0.05) is 24.7 Å². The Morgan fingerprint density at radius 3 is 2.38 bits per heavy atom. The molecule has 10 heteroatoms. The van der Waals surface area contributed by atoms with Crippen LogP contribution in [-0.4, -0.2) is 47.4 Å². The van der Waals surface area contributed by atoms with Gasteiger partial charge in [-0.3, -0.25) is 19.7 Å². The molecule has 0 saturated carbocycles. The van der Waals surface area contributed by atoms with Crippen LogP contribution in [0, 0.1) is 15.9 Å². The van der Waals surface area contributed by atoms with Gasteiger partial charge >= 0.3 is 5.69 Å². The van der Waals surface area contributed by atoms with E-state index in [9.17, 15) is 24.1 Å². The summed E-state index contributed by atoms with van der Waals surface area (Å²) in [6.45, 7) is 5.29. The predicted molar refractivity (Wildman–Crippen MR) is 124 cm³/mol. The second-order valence-electron chi connectivity index (χ2n) is 7.77. The van der Waals surface area contributed by atoms with Gasteiger partial charge in [-0.05, 0) is 43.5 Å². The third kappa shape index (κ3) is 7.16. The van der Waals surface area contributed by atoms with E-state index in [2.05, 4.69) is 5.32 Å². The minimum absolute atomic E-state index is 0.00233. The molecule has 0 saturated heterocycles. The van der Waals surface area contributed by atoms with Gasteiger partial charge in [-0.1, -0.05) is 26.0 Å². The molecule has 0 aromatic heterocycles. The molecule has 1 N–H and O–H groups in total. The van der Waals surface area contributed by atoms with E-state index in [4.69, 9.17) is 9.47 Å². The molecule has 2 aromatic carbocycles. The molecule has 2 rings (SSSR count). The fourth-order valence-corrected chi connectivity index (χ4v) is 3.27. The van der Waals surface area contributed by atoms with E-state index >= 15 is 0 Å². The molecule has 0 aliphatic carbocycles. The summed E-state index contributed by atoms with van der Waals surface area (Å²) in [5.74, 6) is -0.956. The number of amides is 2. The summed E-state index contributed by atoms with van der Waals surface area (Å²) in [7, 11) is 1.30. The van der Waals surface area contributed by atoms with Gasteiger partial charge in [0.05, 0.1) is 12.0 Å². The first-order chi connectivity index (χ1) is 16.2. The van der Waals surface area contributed by atoms with Crippen molar-refractivity contribution in [3.8, 4) is 11.5 Å². The number of halogens is 1. The highest BCUT2D eigenvalue weighted by Crippen LogP contribution is 2.30. The monoisotopic (exact) mass is 475 g/mol.